The largest absolute Gasteiger partial charge is 0.345 e. The standard InChI is InChI=1S/C10H19N3O2/c1-2-7-5-3-4-6-8(7)12-9(14)10(15)13-11/h7-8H,2-6,11H2,1H3,(H,12,14)(H,13,15). The second-order valence-corrected chi connectivity index (χ2v) is 4.01. The molecule has 2 amide bonds. The zero-order valence-electron chi connectivity index (χ0n) is 9.08. The van der Waals surface area contributed by atoms with E-state index in [1.54, 1.807) is 0 Å². The lowest BCUT2D eigenvalue weighted by molar-refractivity contribution is -0.140. The summed E-state index contributed by atoms with van der Waals surface area (Å²) < 4.78 is 0. The molecule has 15 heavy (non-hydrogen) atoms. The van der Waals surface area contributed by atoms with E-state index in [1.165, 1.54) is 6.42 Å². The Morgan fingerprint density at radius 2 is 1.93 bits per heavy atom. The quantitative estimate of drug-likeness (QED) is 0.262. The van der Waals surface area contributed by atoms with Gasteiger partial charge in [0, 0.05) is 6.04 Å². The average Bonchev–Trinajstić information content (AvgIpc) is 2.28. The molecule has 0 aromatic heterocycles. The normalized spacial score (nSPS) is 25.7. The first-order chi connectivity index (χ1) is 7.19. The maximum absolute atomic E-state index is 11.3. The predicted octanol–water partition coefficient (Wildman–Crippen LogP) is 0.0613. The molecule has 5 nitrogen and oxygen atoms in total. The number of nitrogens with one attached hydrogen (secondary N) is 2. The minimum Gasteiger partial charge on any atom is -0.345 e. The summed E-state index contributed by atoms with van der Waals surface area (Å²) in [5.74, 6) is 3.99. The fourth-order valence-electron chi connectivity index (χ4n) is 2.19. The van der Waals surface area contributed by atoms with Gasteiger partial charge in [-0.15, -0.1) is 0 Å². The van der Waals surface area contributed by atoms with Gasteiger partial charge in [-0.3, -0.25) is 15.0 Å². The van der Waals surface area contributed by atoms with Crippen LogP contribution < -0.4 is 16.6 Å². The highest BCUT2D eigenvalue weighted by molar-refractivity contribution is 6.34. The van der Waals surface area contributed by atoms with E-state index in [9.17, 15) is 9.59 Å². The van der Waals surface area contributed by atoms with Crippen molar-refractivity contribution in [3.8, 4) is 0 Å². The third-order valence-electron chi connectivity index (χ3n) is 3.09. The number of rotatable bonds is 2. The van der Waals surface area contributed by atoms with E-state index in [2.05, 4.69) is 12.2 Å². The van der Waals surface area contributed by atoms with Crippen LogP contribution in [0.1, 0.15) is 39.0 Å². The third-order valence-corrected chi connectivity index (χ3v) is 3.09. The number of hydrogen-bond donors (Lipinski definition) is 3. The molecule has 0 heterocycles. The van der Waals surface area contributed by atoms with E-state index < -0.39 is 11.8 Å². The van der Waals surface area contributed by atoms with Gasteiger partial charge < -0.3 is 5.32 Å². The Bertz CT molecular complexity index is 243. The van der Waals surface area contributed by atoms with Crippen LogP contribution >= 0.6 is 0 Å². The first-order valence-electron chi connectivity index (χ1n) is 5.50. The summed E-state index contributed by atoms with van der Waals surface area (Å²) >= 11 is 0. The molecule has 0 bridgehead atoms. The molecule has 2 unspecified atom stereocenters. The van der Waals surface area contributed by atoms with Crippen molar-refractivity contribution in [3.63, 3.8) is 0 Å². The Kier molecular flexibility index (Phi) is 4.55. The molecular formula is C10H19N3O2. The highest BCUT2D eigenvalue weighted by atomic mass is 16.2. The van der Waals surface area contributed by atoms with E-state index in [1.807, 2.05) is 5.43 Å². The van der Waals surface area contributed by atoms with Crippen LogP contribution in [-0.2, 0) is 9.59 Å². The SMILES string of the molecule is CCC1CCCCC1NC(=O)C(=O)NN. The topological polar surface area (TPSA) is 84.2 Å². The number of hydrazine groups is 1. The Hall–Kier alpha value is -1.10. The van der Waals surface area contributed by atoms with Crippen LogP contribution in [-0.4, -0.2) is 17.9 Å². The molecule has 1 rings (SSSR count). The van der Waals surface area contributed by atoms with Crippen molar-refractivity contribution in [1.82, 2.24) is 10.7 Å². The lowest BCUT2D eigenvalue weighted by Crippen LogP contribution is -2.49. The van der Waals surface area contributed by atoms with Crippen molar-refractivity contribution in [3.05, 3.63) is 0 Å². The van der Waals surface area contributed by atoms with Crippen molar-refractivity contribution >= 4 is 11.8 Å². The molecule has 2 atom stereocenters. The zero-order chi connectivity index (χ0) is 11.3. The summed E-state index contributed by atoms with van der Waals surface area (Å²) in [6.45, 7) is 2.11. The van der Waals surface area contributed by atoms with E-state index >= 15 is 0 Å². The minimum absolute atomic E-state index is 0.133. The molecule has 5 heteroatoms. The van der Waals surface area contributed by atoms with Gasteiger partial charge in [0.25, 0.3) is 0 Å². The lowest BCUT2D eigenvalue weighted by atomic mass is 9.83. The Balaban J connectivity index is 2.47. The highest BCUT2D eigenvalue weighted by Crippen LogP contribution is 2.26. The van der Waals surface area contributed by atoms with E-state index in [0.29, 0.717) is 5.92 Å². The molecule has 0 radical (unpaired) electrons. The molecule has 0 aliphatic heterocycles. The Labute approximate surface area is 89.8 Å². The average molecular weight is 213 g/mol. The third kappa shape index (κ3) is 3.20. The van der Waals surface area contributed by atoms with Gasteiger partial charge in [-0.25, -0.2) is 5.84 Å². The molecule has 0 aromatic carbocycles. The van der Waals surface area contributed by atoms with Crippen LogP contribution in [0.15, 0.2) is 0 Å². The maximum atomic E-state index is 11.3. The lowest BCUT2D eigenvalue weighted by Gasteiger charge is -2.31. The fraction of sp³-hybridized carbons (Fsp3) is 0.800. The summed E-state index contributed by atoms with van der Waals surface area (Å²) in [5, 5.41) is 2.74. The molecule has 0 saturated heterocycles. The van der Waals surface area contributed by atoms with Crippen molar-refractivity contribution in [2.75, 3.05) is 0 Å². The van der Waals surface area contributed by atoms with Gasteiger partial charge in [0.05, 0.1) is 0 Å². The van der Waals surface area contributed by atoms with Crippen LogP contribution in [0.25, 0.3) is 0 Å². The van der Waals surface area contributed by atoms with E-state index in [0.717, 1.165) is 25.7 Å². The highest BCUT2D eigenvalue weighted by Gasteiger charge is 2.26. The van der Waals surface area contributed by atoms with Gasteiger partial charge >= 0.3 is 11.8 Å². The molecule has 0 spiro atoms. The van der Waals surface area contributed by atoms with E-state index in [-0.39, 0.29) is 6.04 Å². The second-order valence-electron chi connectivity index (χ2n) is 4.01. The molecule has 86 valence electrons. The Morgan fingerprint density at radius 1 is 1.27 bits per heavy atom. The van der Waals surface area contributed by atoms with E-state index in [4.69, 9.17) is 5.84 Å². The van der Waals surface area contributed by atoms with Gasteiger partial charge in [0.1, 0.15) is 0 Å². The summed E-state index contributed by atoms with van der Waals surface area (Å²) in [6, 6.07) is 0.133. The van der Waals surface area contributed by atoms with Crippen molar-refractivity contribution in [1.29, 1.82) is 0 Å². The summed E-state index contributed by atoms with van der Waals surface area (Å²) in [7, 11) is 0. The monoisotopic (exact) mass is 213 g/mol. The second kappa shape index (κ2) is 5.70. The minimum atomic E-state index is -0.768. The van der Waals surface area contributed by atoms with Crippen LogP contribution in [0.3, 0.4) is 0 Å². The summed E-state index contributed by atoms with van der Waals surface area (Å²) in [6.07, 6.45) is 5.46. The van der Waals surface area contributed by atoms with Crippen LogP contribution in [0.5, 0.6) is 0 Å². The molecule has 1 aliphatic carbocycles. The Morgan fingerprint density at radius 3 is 2.53 bits per heavy atom. The molecule has 1 aliphatic rings. The van der Waals surface area contributed by atoms with Gasteiger partial charge in [0.15, 0.2) is 0 Å². The van der Waals surface area contributed by atoms with Crippen molar-refractivity contribution in [2.24, 2.45) is 11.8 Å². The maximum Gasteiger partial charge on any atom is 0.323 e. The first-order valence-corrected chi connectivity index (χ1v) is 5.50. The molecule has 4 N–H and O–H groups in total. The zero-order valence-corrected chi connectivity index (χ0v) is 9.08. The van der Waals surface area contributed by atoms with Crippen LogP contribution in [0.2, 0.25) is 0 Å². The number of carbonyl (C=O) groups is 2. The van der Waals surface area contributed by atoms with Gasteiger partial charge in [-0.2, -0.15) is 0 Å². The molecule has 0 aromatic rings. The number of hydrogen-bond acceptors (Lipinski definition) is 3. The van der Waals surface area contributed by atoms with Crippen LogP contribution in [0, 0.1) is 5.92 Å². The fourth-order valence-corrected chi connectivity index (χ4v) is 2.19. The van der Waals surface area contributed by atoms with Gasteiger partial charge in [0.2, 0.25) is 0 Å². The van der Waals surface area contributed by atoms with Gasteiger partial charge in [-0.1, -0.05) is 26.2 Å². The summed E-state index contributed by atoms with van der Waals surface area (Å²) in [4.78, 5) is 22.2. The first kappa shape index (κ1) is 12.0. The molecule has 1 fully saturated rings. The molecular weight excluding hydrogens is 194 g/mol. The van der Waals surface area contributed by atoms with Crippen LogP contribution in [0.4, 0.5) is 0 Å². The molecule has 1 saturated carbocycles. The predicted molar refractivity (Wildman–Crippen MR) is 56.5 cm³/mol. The van der Waals surface area contributed by atoms with Gasteiger partial charge in [-0.05, 0) is 18.8 Å². The number of carbonyl (C=O) groups excluding carboxylic acids is 2. The number of amides is 2. The van der Waals surface area contributed by atoms with Crippen molar-refractivity contribution in [2.45, 2.75) is 45.1 Å². The smallest absolute Gasteiger partial charge is 0.323 e. The number of nitrogens with two attached hydrogens (primary N) is 1. The van der Waals surface area contributed by atoms with Crippen molar-refractivity contribution < 1.29 is 9.59 Å². The summed E-state index contributed by atoms with van der Waals surface area (Å²) in [5.41, 5.74) is 1.84.